The summed E-state index contributed by atoms with van der Waals surface area (Å²) in [6, 6.07) is -0.578. The molecule has 0 aromatic heterocycles. The van der Waals surface area contributed by atoms with Crippen molar-refractivity contribution in [1.82, 2.24) is 10.2 Å². The normalized spacial score (nSPS) is 26.4. The highest BCUT2D eigenvalue weighted by molar-refractivity contribution is 5.94. The first-order valence-corrected chi connectivity index (χ1v) is 5.60. The molecule has 3 amide bonds. The third-order valence-electron chi connectivity index (χ3n) is 3.03. The van der Waals surface area contributed by atoms with Crippen molar-refractivity contribution in [3.8, 4) is 0 Å². The van der Waals surface area contributed by atoms with Gasteiger partial charge in [-0.1, -0.05) is 13.3 Å². The van der Waals surface area contributed by atoms with Crippen molar-refractivity contribution in [2.75, 3.05) is 19.6 Å². The summed E-state index contributed by atoms with van der Waals surface area (Å²) in [7, 11) is 0. The predicted octanol–water partition coefficient (Wildman–Crippen LogP) is -0.759. The van der Waals surface area contributed by atoms with Gasteiger partial charge in [0, 0.05) is 19.1 Å². The summed E-state index contributed by atoms with van der Waals surface area (Å²) in [6.45, 7) is 3.91. The monoisotopic (exact) mass is 228 g/mol. The lowest BCUT2D eigenvalue weighted by Crippen LogP contribution is -2.50. The van der Waals surface area contributed by atoms with Gasteiger partial charge in [-0.05, 0) is 12.3 Å². The largest absolute Gasteiger partial charge is 0.351 e. The van der Waals surface area contributed by atoms with Gasteiger partial charge in [-0.2, -0.15) is 0 Å². The summed E-state index contributed by atoms with van der Waals surface area (Å²) in [4.78, 5) is 23.8. The smallest absolute Gasteiger partial charge is 0.318 e. The molecule has 0 radical (unpaired) electrons. The molecule has 6 nitrogen and oxygen atoms in total. The standard InChI is InChI=1S/C10H20N4O2/c1-2-7-5-14(4-3-8(7)11)6-9(15)13-10(12)16/h7-8H,2-6,11H2,1H3,(H3,12,13,15,16). The van der Waals surface area contributed by atoms with Gasteiger partial charge < -0.3 is 11.5 Å². The maximum absolute atomic E-state index is 11.3. The zero-order chi connectivity index (χ0) is 12.1. The molecular weight excluding hydrogens is 208 g/mol. The summed E-state index contributed by atoms with van der Waals surface area (Å²) >= 11 is 0. The van der Waals surface area contributed by atoms with Gasteiger partial charge >= 0.3 is 6.03 Å². The Morgan fingerprint density at radius 3 is 2.75 bits per heavy atom. The maximum atomic E-state index is 11.3. The summed E-state index contributed by atoms with van der Waals surface area (Å²) in [6.07, 6.45) is 1.90. The van der Waals surface area contributed by atoms with Crippen LogP contribution in [0.4, 0.5) is 4.79 Å². The summed E-state index contributed by atoms with van der Waals surface area (Å²) in [5.41, 5.74) is 10.8. The van der Waals surface area contributed by atoms with Crippen LogP contribution >= 0.6 is 0 Å². The topological polar surface area (TPSA) is 101 Å². The predicted molar refractivity (Wildman–Crippen MR) is 60.5 cm³/mol. The van der Waals surface area contributed by atoms with Gasteiger partial charge in [0.2, 0.25) is 5.91 Å². The molecule has 1 rings (SSSR count). The first kappa shape index (κ1) is 12.9. The first-order chi connectivity index (χ1) is 7.52. The van der Waals surface area contributed by atoms with E-state index in [1.165, 1.54) is 0 Å². The SMILES string of the molecule is CCC1CN(CC(=O)NC(N)=O)CCC1N. The fraction of sp³-hybridized carbons (Fsp3) is 0.800. The van der Waals surface area contributed by atoms with E-state index in [4.69, 9.17) is 11.5 Å². The molecule has 0 aliphatic carbocycles. The molecule has 2 unspecified atom stereocenters. The number of piperidine rings is 1. The molecule has 0 bridgehead atoms. The second-order valence-corrected chi connectivity index (χ2v) is 4.27. The molecule has 92 valence electrons. The molecule has 1 aliphatic heterocycles. The minimum absolute atomic E-state index is 0.214. The molecule has 1 saturated heterocycles. The van der Waals surface area contributed by atoms with E-state index in [-0.39, 0.29) is 18.5 Å². The number of rotatable bonds is 3. The summed E-state index contributed by atoms with van der Waals surface area (Å²) in [5, 5.41) is 2.06. The second kappa shape index (κ2) is 5.81. The lowest BCUT2D eigenvalue weighted by Gasteiger charge is -2.35. The van der Waals surface area contributed by atoms with Gasteiger partial charge in [0.25, 0.3) is 0 Å². The molecule has 1 aliphatic rings. The number of primary amides is 1. The Hall–Kier alpha value is -1.14. The average molecular weight is 228 g/mol. The van der Waals surface area contributed by atoms with Crippen LogP contribution in [0, 0.1) is 5.92 Å². The number of hydrogen-bond acceptors (Lipinski definition) is 4. The molecular formula is C10H20N4O2. The summed E-state index contributed by atoms with van der Waals surface area (Å²) in [5.74, 6) is 0.0768. The lowest BCUT2D eigenvalue weighted by molar-refractivity contribution is -0.121. The van der Waals surface area contributed by atoms with Crippen LogP contribution in [0.25, 0.3) is 0 Å². The number of nitrogens with zero attached hydrogens (tertiary/aromatic N) is 1. The molecule has 0 spiro atoms. The first-order valence-electron chi connectivity index (χ1n) is 5.60. The number of imide groups is 1. The number of likely N-dealkylation sites (tertiary alicyclic amines) is 1. The minimum atomic E-state index is -0.800. The molecule has 0 saturated carbocycles. The van der Waals surface area contributed by atoms with E-state index in [0.29, 0.717) is 5.92 Å². The van der Waals surface area contributed by atoms with Crippen LogP contribution in [0.5, 0.6) is 0 Å². The minimum Gasteiger partial charge on any atom is -0.351 e. The van der Waals surface area contributed by atoms with E-state index in [1.54, 1.807) is 0 Å². The van der Waals surface area contributed by atoms with Crippen molar-refractivity contribution in [3.05, 3.63) is 0 Å². The molecule has 6 heteroatoms. The van der Waals surface area contributed by atoms with Crippen LogP contribution in [0.2, 0.25) is 0 Å². The molecule has 0 aromatic carbocycles. The van der Waals surface area contributed by atoms with E-state index in [2.05, 4.69) is 12.2 Å². The van der Waals surface area contributed by atoms with Crippen LogP contribution in [0.3, 0.4) is 0 Å². The van der Waals surface area contributed by atoms with Crippen LogP contribution in [0.15, 0.2) is 0 Å². The van der Waals surface area contributed by atoms with Crippen LogP contribution in [-0.2, 0) is 4.79 Å². The molecule has 5 N–H and O–H groups in total. The zero-order valence-corrected chi connectivity index (χ0v) is 9.61. The Bertz CT molecular complexity index is 270. The number of nitrogens with two attached hydrogens (primary N) is 2. The lowest BCUT2D eigenvalue weighted by atomic mass is 9.91. The number of carbonyl (C=O) groups is 2. The van der Waals surface area contributed by atoms with Crippen molar-refractivity contribution in [1.29, 1.82) is 0 Å². The second-order valence-electron chi connectivity index (χ2n) is 4.27. The Morgan fingerprint density at radius 2 is 2.19 bits per heavy atom. The van der Waals surface area contributed by atoms with E-state index in [0.717, 1.165) is 25.9 Å². The third kappa shape index (κ3) is 3.79. The maximum Gasteiger partial charge on any atom is 0.318 e. The Morgan fingerprint density at radius 1 is 1.50 bits per heavy atom. The number of nitrogens with one attached hydrogen (secondary N) is 1. The highest BCUT2D eigenvalue weighted by atomic mass is 16.2. The van der Waals surface area contributed by atoms with Crippen LogP contribution < -0.4 is 16.8 Å². The van der Waals surface area contributed by atoms with Crippen molar-refractivity contribution < 1.29 is 9.59 Å². The Labute approximate surface area is 95.3 Å². The van der Waals surface area contributed by atoms with Gasteiger partial charge in [0.15, 0.2) is 0 Å². The highest BCUT2D eigenvalue weighted by Gasteiger charge is 2.26. The fourth-order valence-corrected chi connectivity index (χ4v) is 2.08. The van der Waals surface area contributed by atoms with Gasteiger partial charge in [-0.25, -0.2) is 4.79 Å². The molecule has 16 heavy (non-hydrogen) atoms. The Balaban J connectivity index is 2.38. The van der Waals surface area contributed by atoms with E-state index in [9.17, 15) is 9.59 Å². The highest BCUT2D eigenvalue weighted by Crippen LogP contribution is 2.17. The van der Waals surface area contributed by atoms with Crippen LogP contribution in [-0.4, -0.2) is 42.5 Å². The van der Waals surface area contributed by atoms with Gasteiger partial charge in [-0.15, -0.1) is 0 Å². The molecule has 1 heterocycles. The van der Waals surface area contributed by atoms with Crippen LogP contribution in [0.1, 0.15) is 19.8 Å². The van der Waals surface area contributed by atoms with Gasteiger partial charge in [-0.3, -0.25) is 15.0 Å². The van der Waals surface area contributed by atoms with Crippen molar-refractivity contribution in [3.63, 3.8) is 0 Å². The van der Waals surface area contributed by atoms with Gasteiger partial charge in [0.05, 0.1) is 6.54 Å². The van der Waals surface area contributed by atoms with Crippen molar-refractivity contribution in [2.45, 2.75) is 25.8 Å². The summed E-state index contributed by atoms with van der Waals surface area (Å²) < 4.78 is 0. The number of carbonyl (C=O) groups excluding carboxylic acids is 2. The van der Waals surface area contributed by atoms with E-state index in [1.807, 2.05) is 4.90 Å². The number of urea groups is 1. The fourth-order valence-electron chi connectivity index (χ4n) is 2.08. The third-order valence-corrected chi connectivity index (χ3v) is 3.03. The average Bonchev–Trinajstić information content (AvgIpc) is 2.19. The number of amides is 3. The van der Waals surface area contributed by atoms with E-state index >= 15 is 0 Å². The molecule has 2 atom stereocenters. The van der Waals surface area contributed by atoms with Gasteiger partial charge in [0.1, 0.15) is 0 Å². The Kier molecular flexibility index (Phi) is 4.70. The number of hydrogen-bond donors (Lipinski definition) is 3. The van der Waals surface area contributed by atoms with Crippen molar-refractivity contribution >= 4 is 11.9 Å². The quantitative estimate of drug-likeness (QED) is 0.591. The zero-order valence-electron chi connectivity index (χ0n) is 9.61. The van der Waals surface area contributed by atoms with Crippen molar-refractivity contribution in [2.24, 2.45) is 17.4 Å². The molecule has 0 aromatic rings. The van der Waals surface area contributed by atoms with E-state index < -0.39 is 6.03 Å². The molecule has 1 fully saturated rings.